The summed E-state index contributed by atoms with van der Waals surface area (Å²) in [6.45, 7) is 6.77. The number of morpholine rings is 1. The molecule has 2 aliphatic rings. The average Bonchev–Trinajstić information content (AvgIpc) is 3.20. The van der Waals surface area contributed by atoms with Crippen LogP contribution in [0, 0.1) is 13.8 Å². The van der Waals surface area contributed by atoms with E-state index in [1.54, 1.807) is 4.68 Å². The second kappa shape index (κ2) is 7.99. The van der Waals surface area contributed by atoms with E-state index in [2.05, 4.69) is 15.0 Å². The molecule has 2 aliphatic heterocycles. The second-order valence-corrected chi connectivity index (χ2v) is 8.35. The zero-order chi connectivity index (χ0) is 21.5. The first-order valence-electron chi connectivity index (χ1n) is 10.7. The van der Waals surface area contributed by atoms with Gasteiger partial charge in [0.05, 0.1) is 37.3 Å². The van der Waals surface area contributed by atoms with Crippen molar-refractivity contribution >= 4 is 22.9 Å². The summed E-state index contributed by atoms with van der Waals surface area (Å²) in [7, 11) is 1.89. The number of hydrogen-bond acceptors (Lipinski definition) is 8. The minimum atomic E-state index is -0.861. The first-order valence-corrected chi connectivity index (χ1v) is 10.7. The standard InChI is InChI=1S/C21H27FN8O/c1-13-14(2)25-19-18(24-13)20(29-6-4-5-16(22)11-29)27-21(26-19)30-7-8-31-17(12-30)15-9-23-28(3)10-15/h9-10,16-17H,4-8,11-12H2,1-3H3/t16-,17-/m1/s1. The molecular formula is C21H27FN8O. The summed E-state index contributed by atoms with van der Waals surface area (Å²) in [4.78, 5) is 23.1. The Morgan fingerprint density at radius 1 is 1.03 bits per heavy atom. The molecule has 0 amide bonds. The summed E-state index contributed by atoms with van der Waals surface area (Å²) in [5, 5.41) is 4.26. The van der Waals surface area contributed by atoms with Gasteiger partial charge in [0.2, 0.25) is 5.95 Å². The largest absolute Gasteiger partial charge is 0.370 e. The Balaban J connectivity index is 1.54. The number of ether oxygens (including phenoxy) is 1. The maximum absolute atomic E-state index is 14.2. The molecule has 0 spiro atoms. The van der Waals surface area contributed by atoms with Crippen molar-refractivity contribution in [1.82, 2.24) is 29.7 Å². The zero-order valence-corrected chi connectivity index (χ0v) is 18.1. The van der Waals surface area contributed by atoms with E-state index in [-0.39, 0.29) is 6.10 Å². The summed E-state index contributed by atoms with van der Waals surface area (Å²) in [6, 6.07) is 0. The molecule has 2 fully saturated rings. The third-order valence-corrected chi connectivity index (χ3v) is 6.02. The molecule has 0 bridgehead atoms. The van der Waals surface area contributed by atoms with Crippen LogP contribution in [-0.4, -0.2) is 68.7 Å². The van der Waals surface area contributed by atoms with Gasteiger partial charge in [-0.2, -0.15) is 15.1 Å². The maximum Gasteiger partial charge on any atom is 0.229 e. The number of anilines is 2. The van der Waals surface area contributed by atoms with Crippen molar-refractivity contribution in [3.05, 3.63) is 29.3 Å². The minimum absolute atomic E-state index is 0.110. The summed E-state index contributed by atoms with van der Waals surface area (Å²) < 4.78 is 21.9. The van der Waals surface area contributed by atoms with E-state index in [0.29, 0.717) is 55.6 Å². The molecule has 3 aromatic heterocycles. The van der Waals surface area contributed by atoms with E-state index in [9.17, 15) is 4.39 Å². The highest BCUT2D eigenvalue weighted by Crippen LogP contribution is 2.30. The van der Waals surface area contributed by atoms with Crippen LogP contribution < -0.4 is 9.80 Å². The molecule has 2 saturated heterocycles. The fourth-order valence-electron chi connectivity index (χ4n) is 4.21. The van der Waals surface area contributed by atoms with Crippen LogP contribution in [0.5, 0.6) is 0 Å². The van der Waals surface area contributed by atoms with E-state index in [0.717, 1.165) is 29.9 Å². The van der Waals surface area contributed by atoms with Gasteiger partial charge in [0.1, 0.15) is 12.3 Å². The monoisotopic (exact) mass is 426 g/mol. The molecule has 164 valence electrons. The van der Waals surface area contributed by atoms with E-state index in [1.807, 2.05) is 38.2 Å². The highest BCUT2D eigenvalue weighted by Gasteiger charge is 2.28. The Morgan fingerprint density at radius 3 is 2.65 bits per heavy atom. The Hall–Kier alpha value is -2.88. The Bertz CT molecular complexity index is 1100. The van der Waals surface area contributed by atoms with Crippen LogP contribution in [0.4, 0.5) is 16.2 Å². The molecule has 0 saturated carbocycles. The molecule has 31 heavy (non-hydrogen) atoms. The normalized spacial score (nSPS) is 22.3. The van der Waals surface area contributed by atoms with Crippen molar-refractivity contribution < 1.29 is 9.13 Å². The second-order valence-electron chi connectivity index (χ2n) is 8.35. The number of nitrogens with zero attached hydrogens (tertiary/aromatic N) is 8. The average molecular weight is 427 g/mol. The van der Waals surface area contributed by atoms with E-state index >= 15 is 0 Å². The predicted octanol–water partition coefficient (Wildman–Crippen LogP) is 2.29. The minimum Gasteiger partial charge on any atom is -0.370 e. The van der Waals surface area contributed by atoms with E-state index in [1.165, 1.54) is 0 Å². The topological polar surface area (TPSA) is 85.1 Å². The lowest BCUT2D eigenvalue weighted by Gasteiger charge is -2.34. The third-order valence-electron chi connectivity index (χ3n) is 6.02. The Kier molecular flexibility index (Phi) is 5.17. The van der Waals surface area contributed by atoms with E-state index in [4.69, 9.17) is 19.7 Å². The van der Waals surface area contributed by atoms with Gasteiger partial charge in [0, 0.05) is 31.9 Å². The number of aromatic nitrogens is 6. The molecule has 0 radical (unpaired) electrons. The maximum atomic E-state index is 14.2. The summed E-state index contributed by atoms with van der Waals surface area (Å²) in [6.07, 6.45) is 4.20. The van der Waals surface area contributed by atoms with Crippen LogP contribution in [0.2, 0.25) is 0 Å². The van der Waals surface area contributed by atoms with Gasteiger partial charge >= 0.3 is 0 Å². The smallest absolute Gasteiger partial charge is 0.229 e. The number of hydrogen-bond donors (Lipinski definition) is 0. The number of aryl methyl sites for hydroxylation is 3. The lowest BCUT2D eigenvalue weighted by atomic mass is 10.1. The summed E-state index contributed by atoms with van der Waals surface area (Å²) in [5.74, 6) is 1.25. The van der Waals surface area contributed by atoms with Crippen LogP contribution in [0.3, 0.4) is 0 Å². The number of rotatable bonds is 3. The van der Waals surface area contributed by atoms with Crippen LogP contribution in [-0.2, 0) is 11.8 Å². The molecule has 0 aromatic carbocycles. The van der Waals surface area contributed by atoms with Gasteiger partial charge in [0.25, 0.3) is 0 Å². The summed E-state index contributed by atoms with van der Waals surface area (Å²) >= 11 is 0. The fraction of sp³-hybridized carbons (Fsp3) is 0.571. The van der Waals surface area contributed by atoms with Crippen molar-refractivity contribution in [3.63, 3.8) is 0 Å². The van der Waals surface area contributed by atoms with Crippen LogP contribution in [0.15, 0.2) is 12.4 Å². The van der Waals surface area contributed by atoms with Crippen molar-refractivity contribution in [2.75, 3.05) is 42.6 Å². The van der Waals surface area contributed by atoms with Gasteiger partial charge in [0.15, 0.2) is 17.0 Å². The zero-order valence-electron chi connectivity index (χ0n) is 18.1. The van der Waals surface area contributed by atoms with Crippen LogP contribution in [0.1, 0.15) is 35.9 Å². The molecule has 0 unspecified atom stereocenters. The Morgan fingerprint density at radius 2 is 1.87 bits per heavy atom. The molecule has 0 N–H and O–H groups in total. The van der Waals surface area contributed by atoms with Gasteiger partial charge in [-0.3, -0.25) is 4.68 Å². The third kappa shape index (κ3) is 3.91. The lowest BCUT2D eigenvalue weighted by molar-refractivity contribution is 0.0392. The fourth-order valence-corrected chi connectivity index (χ4v) is 4.21. The van der Waals surface area contributed by atoms with Crippen molar-refractivity contribution in [2.24, 2.45) is 7.05 Å². The molecule has 5 rings (SSSR count). The van der Waals surface area contributed by atoms with Gasteiger partial charge in [-0.15, -0.1) is 0 Å². The predicted molar refractivity (Wildman–Crippen MR) is 115 cm³/mol. The SMILES string of the molecule is Cc1nc2nc(N3CCO[C@@H](c4cnn(C)c4)C3)nc(N3CCC[C@@H](F)C3)c2nc1C. The molecule has 0 aliphatic carbocycles. The van der Waals surface area contributed by atoms with Gasteiger partial charge in [-0.1, -0.05) is 0 Å². The number of fused-ring (bicyclic) bond motifs is 1. The molecule has 9 nitrogen and oxygen atoms in total. The molecule has 5 heterocycles. The number of alkyl halides is 1. The lowest BCUT2D eigenvalue weighted by Crippen LogP contribution is -2.40. The molecular weight excluding hydrogens is 399 g/mol. The Labute approximate surface area is 180 Å². The van der Waals surface area contributed by atoms with Crippen molar-refractivity contribution in [3.8, 4) is 0 Å². The van der Waals surface area contributed by atoms with Crippen molar-refractivity contribution in [1.29, 1.82) is 0 Å². The van der Waals surface area contributed by atoms with Crippen molar-refractivity contribution in [2.45, 2.75) is 39.0 Å². The number of piperidine rings is 1. The first-order chi connectivity index (χ1) is 15.0. The van der Waals surface area contributed by atoms with Crippen LogP contribution >= 0.6 is 0 Å². The molecule has 2 atom stereocenters. The highest BCUT2D eigenvalue weighted by atomic mass is 19.1. The number of halogens is 1. The summed E-state index contributed by atoms with van der Waals surface area (Å²) in [5.41, 5.74) is 3.88. The van der Waals surface area contributed by atoms with Gasteiger partial charge in [-0.25, -0.2) is 14.4 Å². The van der Waals surface area contributed by atoms with Gasteiger partial charge in [-0.05, 0) is 26.7 Å². The van der Waals surface area contributed by atoms with E-state index < -0.39 is 6.17 Å². The first kappa shape index (κ1) is 20.0. The highest BCUT2D eigenvalue weighted by molar-refractivity contribution is 5.84. The molecule has 3 aromatic rings. The quantitative estimate of drug-likeness (QED) is 0.631. The van der Waals surface area contributed by atoms with Gasteiger partial charge < -0.3 is 14.5 Å². The van der Waals surface area contributed by atoms with Crippen LogP contribution in [0.25, 0.3) is 11.2 Å². The molecule has 10 heteroatoms.